The summed E-state index contributed by atoms with van der Waals surface area (Å²) in [5.41, 5.74) is 0.644. The van der Waals surface area contributed by atoms with Crippen LogP contribution in [0.15, 0.2) is 34.7 Å². The molecule has 2 rings (SSSR count). The Balaban J connectivity index is 1.83. The van der Waals surface area contributed by atoms with Crippen LogP contribution in [0.4, 0.5) is 0 Å². The quantitative estimate of drug-likeness (QED) is 0.876. The molecule has 2 aromatic rings. The number of amides is 1. The summed E-state index contributed by atoms with van der Waals surface area (Å²) in [7, 11) is 0. The molecule has 112 valence electrons. The van der Waals surface area contributed by atoms with Crippen molar-refractivity contribution in [1.29, 1.82) is 0 Å². The minimum atomic E-state index is -0.232. The lowest BCUT2D eigenvalue weighted by Crippen LogP contribution is -2.44. The minimum absolute atomic E-state index is 0.0645. The van der Waals surface area contributed by atoms with E-state index in [1.54, 1.807) is 0 Å². The summed E-state index contributed by atoms with van der Waals surface area (Å²) in [6, 6.07) is 9.56. The fourth-order valence-electron chi connectivity index (χ4n) is 1.77. The second-order valence-corrected chi connectivity index (χ2v) is 5.77. The van der Waals surface area contributed by atoms with Gasteiger partial charge in [-0.3, -0.25) is 10.1 Å². The number of carbonyl (C=O) groups is 1. The average Bonchev–Trinajstić information content (AvgIpc) is 2.86. The number of benzene rings is 1. The van der Waals surface area contributed by atoms with Crippen LogP contribution in [0.3, 0.4) is 0 Å². The van der Waals surface area contributed by atoms with Gasteiger partial charge < -0.3 is 9.73 Å². The monoisotopic (exact) mass is 288 g/mol. The van der Waals surface area contributed by atoms with Crippen molar-refractivity contribution in [2.75, 3.05) is 6.54 Å². The van der Waals surface area contributed by atoms with Crippen molar-refractivity contribution in [3.8, 4) is 11.5 Å². The van der Waals surface area contributed by atoms with Gasteiger partial charge in [-0.1, -0.05) is 18.2 Å². The first-order valence-electron chi connectivity index (χ1n) is 6.83. The minimum Gasteiger partial charge on any atom is -0.419 e. The smallest absolute Gasteiger partial charge is 0.247 e. The van der Waals surface area contributed by atoms with Gasteiger partial charge in [0.1, 0.15) is 0 Å². The zero-order chi connectivity index (χ0) is 15.3. The largest absolute Gasteiger partial charge is 0.419 e. The molecule has 0 aliphatic heterocycles. The standard InChI is InChI=1S/C15H20N4O2/c1-15(2,3)17-12(20)9-16-10-13-18-19-14(21-13)11-7-5-4-6-8-11/h4-8,16H,9-10H2,1-3H3,(H,17,20). The van der Waals surface area contributed by atoms with Gasteiger partial charge in [0, 0.05) is 11.1 Å². The Morgan fingerprint density at radius 3 is 2.57 bits per heavy atom. The van der Waals surface area contributed by atoms with E-state index < -0.39 is 0 Å². The molecule has 0 aliphatic rings. The summed E-state index contributed by atoms with van der Waals surface area (Å²) in [6.07, 6.45) is 0. The van der Waals surface area contributed by atoms with Crippen LogP contribution >= 0.6 is 0 Å². The molecule has 1 aromatic heterocycles. The predicted octanol–water partition coefficient (Wildman–Crippen LogP) is 1.74. The van der Waals surface area contributed by atoms with Crippen molar-refractivity contribution in [2.24, 2.45) is 0 Å². The molecule has 0 atom stereocenters. The molecule has 0 saturated heterocycles. The van der Waals surface area contributed by atoms with Crippen molar-refractivity contribution in [3.05, 3.63) is 36.2 Å². The molecule has 6 nitrogen and oxygen atoms in total. The Hall–Kier alpha value is -2.21. The summed E-state index contributed by atoms with van der Waals surface area (Å²) < 4.78 is 5.54. The van der Waals surface area contributed by atoms with Crippen molar-refractivity contribution < 1.29 is 9.21 Å². The van der Waals surface area contributed by atoms with Gasteiger partial charge in [-0.2, -0.15) is 0 Å². The van der Waals surface area contributed by atoms with Gasteiger partial charge in [0.15, 0.2) is 0 Å². The highest BCUT2D eigenvalue weighted by molar-refractivity contribution is 5.78. The molecule has 0 spiro atoms. The number of nitrogens with zero attached hydrogens (tertiary/aromatic N) is 2. The van der Waals surface area contributed by atoms with E-state index in [2.05, 4.69) is 20.8 Å². The van der Waals surface area contributed by atoms with E-state index in [1.807, 2.05) is 51.1 Å². The second kappa shape index (κ2) is 6.49. The van der Waals surface area contributed by atoms with Crippen LogP contribution in [0.2, 0.25) is 0 Å². The average molecular weight is 288 g/mol. The summed E-state index contributed by atoms with van der Waals surface area (Å²) in [6.45, 7) is 6.39. The third-order valence-electron chi connectivity index (χ3n) is 2.56. The molecule has 0 unspecified atom stereocenters. The maximum atomic E-state index is 11.6. The molecule has 2 N–H and O–H groups in total. The molecule has 21 heavy (non-hydrogen) atoms. The van der Waals surface area contributed by atoms with Gasteiger partial charge in [0.25, 0.3) is 0 Å². The molecule has 0 aliphatic carbocycles. The third-order valence-corrected chi connectivity index (χ3v) is 2.56. The molecule has 0 fully saturated rings. The normalized spacial score (nSPS) is 11.4. The molecular weight excluding hydrogens is 268 g/mol. The fourth-order valence-corrected chi connectivity index (χ4v) is 1.77. The van der Waals surface area contributed by atoms with Gasteiger partial charge in [-0.25, -0.2) is 0 Å². The Labute approximate surface area is 124 Å². The van der Waals surface area contributed by atoms with Gasteiger partial charge in [-0.15, -0.1) is 10.2 Å². The molecule has 1 aromatic carbocycles. The zero-order valence-electron chi connectivity index (χ0n) is 12.5. The SMILES string of the molecule is CC(C)(C)NC(=O)CNCc1nnc(-c2ccccc2)o1. The molecule has 0 bridgehead atoms. The van der Waals surface area contributed by atoms with Gasteiger partial charge in [0.05, 0.1) is 13.1 Å². The second-order valence-electron chi connectivity index (χ2n) is 5.77. The Morgan fingerprint density at radius 2 is 1.90 bits per heavy atom. The van der Waals surface area contributed by atoms with E-state index in [0.29, 0.717) is 18.3 Å². The van der Waals surface area contributed by atoms with E-state index in [0.717, 1.165) is 5.56 Å². The first-order valence-corrected chi connectivity index (χ1v) is 6.83. The van der Waals surface area contributed by atoms with Crippen molar-refractivity contribution in [2.45, 2.75) is 32.9 Å². The number of carbonyl (C=O) groups excluding carboxylic acids is 1. The summed E-state index contributed by atoms with van der Waals surface area (Å²) in [4.78, 5) is 11.6. The van der Waals surface area contributed by atoms with E-state index in [9.17, 15) is 4.79 Å². The Morgan fingerprint density at radius 1 is 1.19 bits per heavy atom. The topological polar surface area (TPSA) is 80.0 Å². The molecular formula is C15H20N4O2. The van der Waals surface area contributed by atoms with Crippen LogP contribution in [0.5, 0.6) is 0 Å². The fraction of sp³-hybridized carbons (Fsp3) is 0.400. The lowest BCUT2D eigenvalue weighted by Gasteiger charge is -2.20. The van der Waals surface area contributed by atoms with Crippen LogP contribution in [0.25, 0.3) is 11.5 Å². The number of nitrogens with one attached hydrogen (secondary N) is 2. The number of hydrogen-bond acceptors (Lipinski definition) is 5. The van der Waals surface area contributed by atoms with Gasteiger partial charge >= 0.3 is 0 Å². The van der Waals surface area contributed by atoms with Crippen molar-refractivity contribution in [1.82, 2.24) is 20.8 Å². The molecule has 1 heterocycles. The first kappa shape index (κ1) is 15.2. The molecule has 0 radical (unpaired) electrons. The van der Waals surface area contributed by atoms with Crippen LogP contribution in [-0.2, 0) is 11.3 Å². The maximum Gasteiger partial charge on any atom is 0.247 e. The Bertz CT molecular complexity index is 587. The highest BCUT2D eigenvalue weighted by Crippen LogP contribution is 2.16. The first-order chi connectivity index (χ1) is 9.94. The highest BCUT2D eigenvalue weighted by Gasteiger charge is 2.13. The third kappa shape index (κ3) is 5.00. The number of aromatic nitrogens is 2. The zero-order valence-corrected chi connectivity index (χ0v) is 12.5. The summed E-state index contributed by atoms with van der Waals surface area (Å²) in [5, 5.41) is 13.8. The van der Waals surface area contributed by atoms with E-state index >= 15 is 0 Å². The van der Waals surface area contributed by atoms with Gasteiger partial charge in [0.2, 0.25) is 17.7 Å². The number of rotatable bonds is 5. The van der Waals surface area contributed by atoms with E-state index in [1.165, 1.54) is 0 Å². The van der Waals surface area contributed by atoms with Crippen molar-refractivity contribution >= 4 is 5.91 Å². The summed E-state index contributed by atoms with van der Waals surface area (Å²) >= 11 is 0. The Kier molecular flexibility index (Phi) is 4.70. The van der Waals surface area contributed by atoms with Gasteiger partial charge in [-0.05, 0) is 32.9 Å². The van der Waals surface area contributed by atoms with Crippen LogP contribution in [0, 0.1) is 0 Å². The predicted molar refractivity (Wildman–Crippen MR) is 79.3 cm³/mol. The molecule has 6 heteroatoms. The van der Waals surface area contributed by atoms with Crippen LogP contribution in [-0.4, -0.2) is 28.2 Å². The van der Waals surface area contributed by atoms with E-state index in [4.69, 9.17) is 4.42 Å². The van der Waals surface area contributed by atoms with Crippen LogP contribution in [0.1, 0.15) is 26.7 Å². The van der Waals surface area contributed by atoms with Crippen LogP contribution < -0.4 is 10.6 Å². The van der Waals surface area contributed by atoms with Crippen molar-refractivity contribution in [3.63, 3.8) is 0 Å². The maximum absolute atomic E-state index is 11.6. The van der Waals surface area contributed by atoms with E-state index in [-0.39, 0.29) is 18.0 Å². The number of hydrogen-bond donors (Lipinski definition) is 2. The molecule has 0 saturated carbocycles. The lowest BCUT2D eigenvalue weighted by atomic mass is 10.1. The highest BCUT2D eigenvalue weighted by atomic mass is 16.4. The lowest BCUT2D eigenvalue weighted by molar-refractivity contribution is -0.121. The molecule has 1 amide bonds. The summed E-state index contributed by atoms with van der Waals surface area (Å²) in [5.74, 6) is 0.870.